The molecule has 4 N–H and O–H groups in total. The molecular weight excluding hydrogens is 200 g/mol. The summed E-state index contributed by atoms with van der Waals surface area (Å²) in [5.74, 6) is 0.628. The second-order valence-corrected chi connectivity index (χ2v) is 6.13. The van der Waals surface area contributed by atoms with Gasteiger partial charge in [0, 0.05) is 18.7 Å². The first-order chi connectivity index (χ1) is 7.49. The summed E-state index contributed by atoms with van der Waals surface area (Å²) in [7, 11) is 0. The van der Waals surface area contributed by atoms with Crippen molar-refractivity contribution in [3.63, 3.8) is 0 Å². The molecule has 1 saturated carbocycles. The van der Waals surface area contributed by atoms with Crippen LogP contribution in [0.4, 0.5) is 0 Å². The second-order valence-electron chi connectivity index (χ2n) is 6.13. The van der Waals surface area contributed by atoms with Gasteiger partial charge in [-0.1, -0.05) is 27.2 Å². The maximum atomic E-state index is 9.13. The number of rotatable bonds is 5. The van der Waals surface area contributed by atoms with Crippen molar-refractivity contribution in [1.29, 1.82) is 0 Å². The quantitative estimate of drug-likeness (QED) is 0.668. The Kier molecular flexibility index (Phi) is 5.22. The number of nitrogens with one attached hydrogen (secondary N) is 1. The molecule has 3 heteroatoms. The molecule has 3 atom stereocenters. The van der Waals surface area contributed by atoms with Crippen LogP contribution in [0.1, 0.15) is 46.5 Å². The summed E-state index contributed by atoms with van der Waals surface area (Å²) in [5, 5.41) is 12.9. The van der Waals surface area contributed by atoms with Crippen molar-refractivity contribution in [3.8, 4) is 0 Å². The smallest absolute Gasteiger partial charge is 0.0446 e. The van der Waals surface area contributed by atoms with E-state index in [0.717, 1.165) is 13.0 Å². The molecule has 0 aromatic carbocycles. The van der Waals surface area contributed by atoms with Gasteiger partial charge in [-0.2, -0.15) is 0 Å². The van der Waals surface area contributed by atoms with E-state index < -0.39 is 0 Å². The van der Waals surface area contributed by atoms with E-state index in [1.165, 1.54) is 19.3 Å². The summed E-state index contributed by atoms with van der Waals surface area (Å²) < 4.78 is 0. The normalized spacial score (nSPS) is 28.3. The Morgan fingerprint density at radius 1 is 1.38 bits per heavy atom. The van der Waals surface area contributed by atoms with Crippen molar-refractivity contribution in [3.05, 3.63) is 0 Å². The number of aliphatic hydroxyl groups is 1. The van der Waals surface area contributed by atoms with Gasteiger partial charge in [-0.15, -0.1) is 0 Å². The Balaban J connectivity index is 2.54. The fourth-order valence-electron chi connectivity index (χ4n) is 2.69. The monoisotopic (exact) mass is 228 g/mol. The Morgan fingerprint density at radius 2 is 2.06 bits per heavy atom. The Bertz CT molecular complexity index is 201. The van der Waals surface area contributed by atoms with Crippen LogP contribution in [0.2, 0.25) is 0 Å². The fourth-order valence-corrected chi connectivity index (χ4v) is 2.69. The van der Waals surface area contributed by atoms with E-state index in [1.807, 2.05) is 0 Å². The molecule has 1 fully saturated rings. The fraction of sp³-hybridized carbons (Fsp3) is 1.00. The van der Waals surface area contributed by atoms with Gasteiger partial charge < -0.3 is 16.2 Å². The van der Waals surface area contributed by atoms with E-state index in [-0.39, 0.29) is 12.0 Å². The predicted octanol–water partition coefficient (Wildman–Crippen LogP) is 1.50. The number of hydrogen-bond acceptors (Lipinski definition) is 3. The second kappa shape index (κ2) is 5.99. The molecular formula is C13H28N2O. The lowest BCUT2D eigenvalue weighted by molar-refractivity contribution is 0.177. The maximum absolute atomic E-state index is 9.13. The van der Waals surface area contributed by atoms with Crippen LogP contribution < -0.4 is 11.1 Å². The van der Waals surface area contributed by atoms with Crippen LogP contribution >= 0.6 is 0 Å². The molecule has 0 aromatic rings. The lowest BCUT2D eigenvalue weighted by Crippen LogP contribution is -2.48. The minimum Gasteiger partial charge on any atom is -0.396 e. The zero-order valence-corrected chi connectivity index (χ0v) is 11.0. The Hall–Kier alpha value is -0.120. The molecule has 0 heterocycles. The van der Waals surface area contributed by atoms with Crippen molar-refractivity contribution >= 4 is 0 Å². The zero-order chi connectivity index (χ0) is 12.2. The topological polar surface area (TPSA) is 58.3 Å². The SMILES string of the molecule is CC(C)(C)C(CCO)NC1CCCC1CN. The van der Waals surface area contributed by atoms with Gasteiger partial charge in [0.2, 0.25) is 0 Å². The summed E-state index contributed by atoms with van der Waals surface area (Å²) in [4.78, 5) is 0. The average molecular weight is 228 g/mol. The molecule has 0 spiro atoms. The number of aliphatic hydroxyl groups excluding tert-OH is 1. The summed E-state index contributed by atoms with van der Waals surface area (Å²) >= 11 is 0. The van der Waals surface area contributed by atoms with E-state index in [9.17, 15) is 0 Å². The molecule has 3 unspecified atom stereocenters. The van der Waals surface area contributed by atoms with Gasteiger partial charge in [0.1, 0.15) is 0 Å². The molecule has 96 valence electrons. The molecule has 1 aliphatic carbocycles. The average Bonchev–Trinajstić information content (AvgIpc) is 2.63. The molecule has 0 aliphatic heterocycles. The predicted molar refractivity (Wildman–Crippen MR) is 68.3 cm³/mol. The van der Waals surface area contributed by atoms with Crippen molar-refractivity contribution in [1.82, 2.24) is 5.32 Å². The van der Waals surface area contributed by atoms with Crippen LogP contribution in [0, 0.1) is 11.3 Å². The highest BCUT2D eigenvalue weighted by atomic mass is 16.3. The summed E-state index contributed by atoms with van der Waals surface area (Å²) in [5.41, 5.74) is 5.99. The molecule has 16 heavy (non-hydrogen) atoms. The van der Waals surface area contributed by atoms with Gasteiger partial charge in [-0.3, -0.25) is 0 Å². The molecule has 0 aromatic heterocycles. The third-order valence-electron chi connectivity index (χ3n) is 3.84. The van der Waals surface area contributed by atoms with Crippen LogP contribution in [-0.2, 0) is 0 Å². The van der Waals surface area contributed by atoms with Crippen LogP contribution in [0.15, 0.2) is 0 Å². The largest absolute Gasteiger partial charge is 0.396 e. The zero-order valence-electron chi connectivity index (χ0n) is 11.0. The Labute approximate surface area is 99.8 Å². The van der Waals surface area contributed by atoms with Gasteiger partial charge in [-0.25, -0.2) is 0 Å². The van der Waals surface area contributed by atoms with Crippen LogP contribution in [0.5, 0.6) is 0 Å². The molecule has 1 rings (SSSR count). The molecule has 0 radical (unpaired) electrons. The van der Waals surface area contributed by atoms with Gasteiger partial charge in [0.15, 0.2) is 0 Å². The molecule has 3 nitrogen and oxygen atoms in total. The lowest BCUT2D eigenvalue weighted by Gasteiger charge is -2.35. The number of nitrogens with two attached hydrogens (primary N) is 1. The molecule has 0 amide bonds. The minimum absolute atomic E-state index is 0.199. The highest BCUT2D eigenvalue weighted by Gasteiger charge is 2.31. The lowest BCUT2D eigenvalue weighted by atomic mass is 9.84. The van der Waals surface area contributed by atoms with E-state index in [2.05, 4.69) is 26.1 Å². The number of hydrogen-bond donors (Lipinski definition) is 3. The van der Waals surface area contributed by atoms with Gasteiger partial charge >= 0.3 is 0 Å². The highest BCUT2D eigenvalue weighted by Crippen LogP contribution is 2.29. The molecule has 1 aliphatic rings. The van der Waals surface area contributed by atoms with Gasteiger partial charge in [0.05, 0.1) is 0 Å². The van der Waals surface area contributed by atoms with Gasteiger partial charge in [-0.05, 0) is 37.1 Å². The minimum atomic E-state index is 0.199. The van der Waals surface area contributed by atoms with Crippen LogP contribution in [0.3, 0.4) is 0 Å². The highest BCUT2D eigenvalue weighted by molar-refractivity contribution is 4.90. The first-order valence-corrected chi connectivity index (χ1v) is 6.56. The standard InChI is InChI=1S/C13H28N2O/c1-13(2,3)12(7-8-16)15-11-6-4-5-10(11)9-14/h10-12,15-16H,4-9,14H2,1-3H3. The third kappa shape index (κ3) is 3.72. The summed E-state index contributed by atoms with van der Waals surface area (Å²) in [6.45, 7) is 7.73. The van der Waals surface area contributed by atoms with E-state index in [0.29, 0.717) is 18.0 Å². The van der Waals surface area contributed by atoms with E-state index in [4.69, 9.17) is 10.8 Å². The maximum Gasteiger partial charge on any atom is 0.0446 e. The summed E-state index contributed by atoms with van der Waals surface area (Å²) in [6, 6.07) is 0.940. The first-order valence-electron chi connectivity index (χ1n) is 6.56. The molecule has 0 bridgehead atoms. The van der Waals surface area contributed by atoms with Crippen molar-refractivity contribution in [2.45, 2.75) is 58.5 Å². The van der Waals surface area contributed by atoms with E-state index >= 15 is 0 Å². The molecule has 0 saturated heterocycles. The first kappa shape index (κ1) is 13.9. The van der Waals surface area contributed by atoms with Crippen molar-refractivity contribution in [2.24, 2.45) is 17.1 Å². The van der Waals surface area contributed by atoms with E-state index in [1.54, 1.807) is 0 Å². The Morgan fingerprint density at radius 3 is 2.56 bits per heavy atom. The summed E-state index contributed by atoms with van der Waals surface area (Å²) in [6.07, 6.45) is 4.61. The van der Waals surface area contributed by atoms with Crippen LogP contribution in [0.25, 0.3) is 0 Å². The van der Waals surface area contributed by atoms with Crippen LogP contribution in [-0.4, -0.2) is 30.3 Å². The van der Waals surface area contributed by atoms with Gasteiger partial charge in [0.25, 0.3) is 0 Å². The third-order valence-corrected chi connectivity index (χ3v) is 3.84. The van der Waals surface area contributed by atoms with Crippen molar-refractivity contribution < 1.29 is 5.11 Å². The van der Waals surface area contributed by atoms with Crippen molar-refractivity contribution in [2.75, 3.05) is 13.2 Å².